The number of nitrogens with one attached hydrogen (secondary N) is 2. The molecule has 0 aromatic heterocycles. The van der Waals surface area contributed by atoms with Crippen molar-refractivity contribution >= 4 is 49.7 Å². The Hall–Kier alpha value is 0.0300. The van der Waals surface area contributed by atoms with Crippen LogP contribution in [0.25, 0.3) is 5.76 Å². The van der Waals surface area contributed by atoms with Crippen LogP contribution >= 0.6 is 10.8 Å². The molecule has 0 fully saturated rings. The van der Waals surface area contributed by atoms with Crippen LogP contribution < -0.4 is 109 Å². The van der Waals surface area contributed by atoms with Crippen LogP contribution in [-0.4, -0.2) is 29.1 Å². The number of amidine groups is 1. The quantitative estimate of drug-likeness (QED) is 0.263. The van der Waals surface area contributed by atoms with E-state index in [2.05, 4.69) is 9.71 Å². The minimum atomic E-state index is -4.46. The van der Waals surface area contributed by atoms with Gasteiger partial charge in [-0.05, 0) is 54.3 Å². The van der Waals surface area contributed by atoms with E-state index in [1.807, 2.05) is 18.6 Å². The Balaban J connectivity index is 0.00000253. The van der Waals surface area contributed by atoms with Crippen LogP contribution in [-0.2, 0) is 20.4 Å². The number of halogens is 1. The van der Waals surface area contributed by atoms with E-state index < -0.39 is 55.2 Å². The van der Waals surface area contributed by atoms with E-state index in [-0.39, 0.29) is 111 Å². The van der Waals surface area contributed by atoms with Gasteiger partial charge in [-0.3, -0.25) is 9.52 Å². The third kappa shape index (κ3) is 7.34. The third-order valence-electron chi connectivity index (χ3n) is 6.21. The molecule has 10 nitrogen and oxygen atoms in total. The zero-order valence-corrected chi connectivity index (χ0v) is 30.1. The average Bonchev–Trinajstić information content (AvgIpc) is 2.77. The van der Waals surface area contributed by atoms with Gasteiger partial charge in [0, 0.05) is 4.90 Å². The number of Topliss-reactive ketones (excluding diaryl/α,β-unsaturated/α-hetero) is 1. The molecule has 0 atom stereocenters. The van der Waals surface area contributed by atoms with E-state index in [1.165, 1.54) is 24.3 Å². The summed E-state index contributed by atoms with van der Waals surface area (Å²) in [5.74, 6) is -2.53. The normalized spacial score (nSPS) is 17.6. The summed E-state index contributed by atoms with van der Waals surface area (Å²) >= 11 is 0. The van der Waals surface area contributed by atoms with Crippen molar-refractivity contribution in [2.75, 3.05) is 10.0 Å². The van der Waals surface area contributed by atoms with Gasteiger partial charge in [-0.1, -0.05) is 38.5 Å². The Bertz CT molecular complexity index is 1430. The second-order valence-corrected chi connectivity index (χ2v) is 11.6. The van der Waals surface area contributed by atoms with Crippen molar-refractivity contribution < 1.29 is 120 Å². The molecule has 0 amide bonds. The van der Waals surface area contributed by atoms with Crippen LogP contribution in [0.3, 0.4) is 0 Å². The van der Waals surface area contributed by atoms with E-state index in [0.29, 0.717) is 31.2 Å². The fraction of sp³-hybridized carbons (Fsp3) is 0.304. The number of anilines is 2. The second-order valence-electron chi connectivity index (χ2n) is 8.70. The van der Waals surface area contributed by atoms with Gasteiger partial charge in [0.05, 0.1) is 22.4 Å². The number of hydrogen-bond acceptors (Lipinski definition) is 8. The Morgan fingerprint density at radius 2 is 1.69 bits per heavy atom. The smallest absolute Gasteiger partial charge is 0.871 e. The molecule has 0 bridgehead atoms. The molecular formula is C23H24FN4Na3O6S2. The molecule has 0 radical (unpaired) electrons. The molecule has 0 spiro atoms. The summed E-state index contributed by atoms with van der Waals surface area (Å²) < 4.78 is 68.6. The molecule has 16 heteroatoms. The number of ketones is 1. The zero-order chi connectivity index (χ0) is 26.5. The molecule has 2 aliphatic rings. The van der Waals surface area contributed by atoms with Gasteiger partial charge in [0.15, 0.2) is 11.6 Å². The fourth-order valence-corrected chi connectivity index (χ4v) is 6.51. The van der Waals surface area contributed by atoms with E-state index in [4.69, 9.17) is 5.14 Å². The van der Waals surface area contributed by atoms with Crippen molar-refractivity contribution in [2.24, 2.45) is 9.54 Å². The topological polar surface area (TPSA) is 183 Å². The Morgan fingerprint density at radius 1 is 1.08 bits per heavy atom. The Kier molecular flexibility index (Phi) is 13.3. The van der Waals surface area contributed by atoms with Gasteiger partial charge in [-0.15, -0.1) is 0 Å². The number of fused-ring (bicyclic) bond motifs is 2. The summed E-state index contributed by atoms with van der Waals surface area (Å²) in [4.78, 5) is 13.6. The molecule has 0 unspecified atom stereocenters. The molecule has 194 valence electrons. The first-order chi connectivity index (χ1) is 16.8. The first-order valence-electron chi connectivity index (χ1n) is 11.2. The van der Waals surface area contributed by atoms with Gasteiger partial charge in [0.2, 0.25) is 0 Å². The van der Waals surface area contributed by atoms with Crippen molar-refractivity contribution in [2.45, 2.75) is 49.8 Å². The summed E-state index contributed by atoms with van der Waals surface area (Å²) in [6, 6.07) is 7.24. The maximum absolute atomic E-state index is 14.2. The number of benzene rings is 2. The summed E-state index contributed by atoms with van der Waals surface area (Å²) in [6.45, 7) is 3.77. The van der Waals surface area contributed by atoms with Crippen LogP contribution in [0.4, 0.5) is 15.8 Å². The average molecular weight is 605 g/mol. The summed E-state index contributed by atoms with van der Waals surface area (Å²) in [6.07, 6.45) is 1.92. The number of sulfonamides is 1. The molecule has 1 heterocycles. The van der Waals surface area contributed by atoms with Crippen molar-refractivity contribution in [3.63, 3.8) is 0 Å². The van der Waals surface area contributed by atoms with E-state index >= 15 is 0 Å². The molecule has 1 aliphatic heterocycles. The maximum atomic E-state index is 14.2. The molecule has 2 aromatic rings. The number of hydrogen-bond donors (Lipinski definition) is 3. The summed E-state index contributed by atoms with van der Waals surface area (Å²) in [7, 11) is -8.63. The van der Waals surface area contributed by atoms with Gasteiger partial charge in [-0.2, -0.15) is 8.42 Å². The maximum Gasteiger partial charge on any atom is 1.00 e. The molecule has 4 rings (SSSR count). The molecule has 39 heavy (non-hydrogen) atoms. The summed E-state index contributed by atoms with van der Waals surface area (Å²) in [5.41, 5.74) is -1.33. The zero-order valence-electron chi connectivity index (χ0n) is 22.5. The predicted molar refractivity (Wildman–Crippen MR) is 131 cm³/mol. The Labute approximate surface area is 295 Å². The minimum Gasteiger partial charge on any atom is -0.871 e. The molecular weight excluding hydrogens is 580 g/mol. The van der Waals surface area contributed by atoms with Gasteiger partial charge in [-0.25, -0.2) is 13.9 Å². The van der Waals surface area contributed by atoms with Gasteiger partial charge in [0.25, 0.3) is 10.2 Å². The second kappa shape index (κ2) is 14.0. The number of carbonyl (C=O) groups is 1. The van der Waals surface area contributed by atoms with E-state index in [9.17, 15) is 31.8 Å². The molecule has 4 N–H and O–H groups in total. The van der Waals surface area contributed by atoms with Gasteiger partial charge in [0.1, 0.15) is 5.82 Å². The van der Waals surface area contributed by atoms with Crippen molar-refractivity contribution in [1.29, 1.82) is 0 Å². The first kappa shape index (κ1) is 37.1. The van der Waals surface area contributed by atoms with Crippen LogP contribution in [0.15, 0.2) is 51.3 Å². The number of nitrogens with two attached hydrogens (primary N) is 1. The number of rotatable bonds is 7. The van der Waals surface area contributed by atoms with E-state index in [0.717, 1.165) is 12.1 Å². The molecule has 1 aliphatic carbocycles. The molecule has 0 saturated carbocycles. The molecule has 2 aromatic carbocycles. The minimum absolute atomic E-state index is 0. The Morgan fingerprint density at radius 3 is 2.26 bits per heavy atom. The number of carbonyl (C=O) groups excluding carboxylic acids is 1. The standard InChI is InChI=1S/C23H27FN4O6S2.3Na/c1-3-9-23(10-4-2)16-7-5-13(24)11-15(16)20(29)19(21(23)30)22-26-17-8-6-14(27-36(25,33)34)12-18(17)35(31,32)28-22;;;/h5-8,11-12,27,29,31-32H,3-4,9-10H2,1-2H3,(H,26,28)(H2,25,33,34);;;/q;3*+1/p-3. The van der Waals surface area contributed by atoms with Crippen molar-refractivity contribution in [3.8, 4) is 0 Å². The monoisotopic (exact) mass is 604 g/mol. The van der Waals surface area contributed by atoms with E-state index in [1.54, 1.807) is 0 Å². The van der Waals surface area contributed by atoms with Crippen molar-refractivity contribution in [3.05, 3.63) is 58.9 Å². The van der Waals surface area contributed by atoms with Crippen LogP contribution in [0, 0.1) is 5.82 Å². The first-order valence-corrected chi connectivity index (χ1v) is 14.1. The SMILES string of the molecule is CCCC1(CCC)C(=O)C(C2=NS([O-])([O-])c3cc(NS(N)(=O)=O)ccc3N2)=C([O-])c2cc(F)ccc21.[Na+].[Na+].[Na+]. The van der Waals surface area contributed by atoms with Crippen LogP contribution in [0.5, 0.6) is 0 Å². The molecule has 0 saturated heterocycles. The van der Waals surface area contributed by atoms with Crippen molar-refractivity contribution in [1.82, 2.24) is 0 Å². The summed E-state index contributed by atoms with van der Waals surface area (Å²) in [5, 5.41) is 21.2. The fourth-order valence-electron chi connectivity index (χ4n) is 4.91. The predicted octanol–water partition coefficient (Wildman–Crippen LogP) is -6.19. The number of nitrogens with zero attached hydrogens (tertiary/aromatic N) is 1. The van der Waals surface area contributed by atoms with Crippen LogP contribution in [0.2, 0.25) is 0 Å². The third-order valence-corrected chi connectivity index (χ3v) is 8.04. The van der Waals surface area contributed by atoms with Gasteiger partial charge >= 0.3 is 88.7 Å². The van der Waals surface area contributed by atoms with Crippen LogP contribution in [0.1, 0.15) is 50.7 Å². The largest absolute Gasteiger partial charge is 1.00 e. The van der Waals surface area contributed by atoms with Gasteiger partial charge < -0.3 is 30.3 Å².